The lowest BCUT2D eigenvalue weighted by atomic mass is 10.1. The number of hydrogen-bond donors (Lipinski definition) is 2. The van der Waals surface area contributed by atoms with E-state index >= 15 is 0 Å². The Morgan fingerprint density at radius 1 is 1.10 bits per heavy atom. The highest BCUT2D eigenvalue weighted by atomic mass is 32.2. The zero-order valence-electron chi connectivity index (χ0n) is 16.5. The molecule has 2 N–H and O–H groups in total. The Morgan fingerprint density at radius 2 is 1.81 bits per heavy atom. The molecule has 7 nitrogen and oxygen atoms in total. The van der Waals surface area contributed by atoms with Crippen LogP contribution in [0.1, 0.15) is 47.2 Å². The van der Waals surface area contributed by atoms with Crippen LogP contribution < -0.4 is 14.9 Å². The second kappa shape index (κ2) is 8.12. The first-order chi connectivity index (χ1) is 14.6. The zero-order valence-corrected chi connectivity index (χ0v) is 17.3. The molecular formula is C20H21F3N4O3S. The zero-order chi connectivity index (χ0) is 22.2. The molecule has 0 spiro atoms. The van der Waals surface area contributed by atoms with Crippen molar-refractivity contribution in [3.63, 3.8) is 0 Å². The summed E-state index contributed by atoms with van der Waals surface area (Å²) in [5.41, 5.74) is -0.477. The van der Waals surface area contributed by atoms with Crippen molar-refractivity contribution < 1.29 is 26.4 Å². The van der Waals surface area contributed by atoms with Crippen LogP contribution in [-0.4, -0.2) is 32.4 Å². The maximum absolute atomic E-state index is 13.3. The molecule has 31 heavy (non-hydrogen) atoms. The number of nitrogens with zero attached hydrogens (tertiary/aromatic N) is 2. The molecule has 166 valence electrons. The largest absolute Gasteiger partial charge is 0.417 e. The smallest absolute Gasteiger partial charge is 0.356 e. The van der Waals surface area contributed by atoms with Crippen LogP contribution in [0.4, 0.5) is 24.7 Å². The molecule has 11 heteroatoms. The maximum Gasteiger partial charge on any atom is 0.417 e. The van der Waals surface area contributed by atoms with Gasteiger partial charge in [0.05, 0.1) is 16.0 Å². The number of carbonyl (C=O) groups is 1. The van der Waals surface area contributed by atoms with E-state index in [2.05, 4.69) is 15.0 Å². The topological polar surface area (TPSA) is 91.4 Å². The molecule has 2 aromatic rings. The average molecular weight is 454 g/mol. The summed E-state index contributed by atoms with van der Waals surface area (Å²) in [5.74, 6) is -0.580. The van der Waals surface area contributed by atoms with Crippen LogP contribution in [0.5, 0.6) is 0 Å². The van der Waals surface area contributed by atoms with Gasteiger partial charge in [0.15, 0.2) is 0 Å². The number of nitrogens with one attached hydrogen (secondary N) is 2. The van der Waals surface area contributed by atoms with Crippen molar-refractivity contribution in [1.82, 2.24) is 9.71 Å². The number of alkyl halides is 3. The third-order valence-corrected chi connectivity index (χ3v) is 6.89. The molecule has 3 heterocycles. The number of anilines is 2. The van der Waals surface area contributed by atoms with Gasteiger partial charge in [0.1, 0.15) is 5.82 Å². The van der Waals surface area contributed by atoms with Crippen molar-refractivity contribution in [2.75, 3.05) is 23.3 Å². The van der Waals surface area contributed by atoms with Gasteiger partial charge in [-0.05, 0) is 36.6 Å². The summed E-state index contributed by atoms with van der Waals surface area (Å²) in [6, 6.07) is 5.18. The Balaban J connectivity index is 1.69. The van der Waals surface area contributed by atoms with E-state index in [-0.39, 0.29) is 28.5 Å². The standard InChI is InChI=1S/C20H21F3N4O3S/c21-20(22,23)14-9-16(18(24-12-14)27-7-3-1-2-4-8-27)19(28)26-15-6-5-13-11-25-31(29,30)17(13)10-15/h5-6,9-10,12,25H,1-4,7-8,11H2,(H,26,28). The summed E-state index contributed by atoms with van der Waals surface area (Å²) >= 11 is 0. The molecule has 0 bridgehead atoms. The van der Waals surface area contributed by atoms with Crippen LogP contribution in [0.2, 0.25) is 0 Å². The second-order valence-corrected chi connectivity index (χ2v) is 9.33. The van der Waals surface area contributed by atoms with Crippen molar-refractivity contribution >= 4 is 27.4 Å². The van der Waals surface area contributed by atoms with E-state index in [1.54, 1.807) is 6.07 Å². The van der Waals surface area contributed by atoms with Gasteiger partial charge in [0, 0.05) is 31.5 Å². The summed E-state index contributed by atoms with van der Waals surface area (Å²) in [7, 11) is -3.65. The van der Waals surface area contributed by atoms with Gasteiger partial charge in [-0.2, -0.15) is 13.2 Å². The Labute approximate surface area is 177 Å². The number of rotatable bonds is 3. The second-order valence-electron chi connectivity index (χ2n) is 7.60. The number of hydrogen-bond acceptors (Lipinski definition) is 5. The predicted octanol–water partition coefficient (Wildman–Crippen LogP) is 3.53. The van der Waals surface area contributed by atoms with E-state index in [4.69, 9.17) is 0 Å². The summed E-state index contributed by atoms with van der Waals surface area (Å²) in [6.45, 7) is 1.35. The summed E-state index contributed by atoms with van der Waals surface area (Å²) in [5, 5.41) is 2.53. The number of carbonyl (C=O) groups excluding carboxylic acids is 1. The Hall–Kier alpha value is -2.66. The van der Waals surface area contributed by atoms with Gasteiger partial charge in [0.25, 0.3) is 5.91 Å². The lowest BCUT2D eigenvalue weighted by Crippen LogP contribution is -2.29. The van der Waals surface area contributed by atoms with E-state index in [1.165, 1.54) is 12.1 Å². The maximum atomic E-state index is 13.3. The van der Waals surface area contributed by atoms with Crippen molar-refractivity contribution in [2.24, 2.45) is 0 Å². The van der Waals surface area contributed by atoms with Gasteiger partial charge < -0.3 is 10.2 Å². The van der Waals surface area contributed by atoms with Crippen LogP contribution in [-0.2, 0) is 22.7 Å². The molecule has 1 amide bonds. The first-order valence-electron chi connectivity index (χ1n) is 9.91. The number of benzene rings is 1. The fourth-order valence-corrected chi connectivity index (χ4v) is 5.06. The minimum absolute atomic E-state index is 0.0419. The number of halogens is 3. The molecule has 0 aliphatic carbocycles. The molecule has 0 radical (unpaired) electrons. The first-order valence-corrected chi connectivity index (χ1v) is 11.4. The summed E-state index contributed by atoms with van der Waals surface area (Å²) in [4.78, 5) is 18.9. The SMILES string of the molecule is O=C(Nc1ccc2c(c1)S(=O)(=O)NC2)c1cc(C(F)(F)F)cnc1N1CCCCCC1. The quantitative estimate of drug-likeness (QED) is 0.741. The Kier molecular flexibility index (Phi) is 5.65. The Bertz CT molecular complexity index is 1110. The highest BCUT2D eigenvalue weighted by Crippen LogP contribution is 2.33. The first kappa shape index (κ1) is 21.6. The fourth-order valence-electron chi connectivity index (χ4n) is 3.79. The minimum Gasteiger partial charge on any atom is -0.356 e. The van der Waals surface area contributed by atoms with Crippen molar-refractivity contribution in [1.29, 1.82) is 0 Å². The molecule has 1 aromatic heterocycles. The van der Waals surface area contributed by atoms with E-state index in [0.717, 1.165) is 37.9 Å². The number of amides is 1. The summed E-state index contributed by atoms with van der Waals surface area (Å²) < 4.78 is 66.3. The molecule has 1 aromatic carbocycles. The van der Waals surface area contributed by atoms with E-state index in [1.807, 2.05) is 4.90 Å². The minimum atomic E-state index is -4.65. The third-order valence-electron chi connectivity index (χ3n) is 5.41. The number of aromatic nitrogens is 1. The van der Waals surface area contributed by atoms with E-state index in [0.29, 0.717) is 18.7 Å². The number of pyridine rings is 1. The van der Waals surface area contributed by atoms with Crippen molar-refractivity contribution in [3.05, 3.63) is 47.2 Å². The number of sulfonamides is 1. The monoisotopic (exact) mass is 454 g/mol. The molecule has 4 rings (SSSR count). The van der Waals surface area contributed by atoms with E-state index in [9.17, 15) is 26.4 Å². The van der Waals surface area contributed by atoms with Gasteiger partial charge >= 0.3 is 6.18 Å². The molecule has 0 unspecified atom stereocenters. The fraction of sp³-hybridized carbons (Fsp3) is 0.400. The average Bonchev–Trinajstić information content (AvgIpc) is 2.89. The lowest BCUT2D eigenvalue weighted by molar-refractivity contribution is -0.137. The summed E-state index contributed by atoms with van der Waals surface area (Å²) in [6.07, 6.45) is -0.164. The third kappa shape index (κ3) is 4.52. The normalized spacial score (nSPS) is 18.4. The van der Waals surface area contributed by atoms with Crippen LogP contribution >= 0.6 is 0 Å². The molecule has 2 aliphatic rings. The molecular weight excluding hydrogens is 433 g/mol. The van der Waals surface area contributed by atoms with Gasteiger partial charge in [-0.25, -0.2) is 18.1 Å². The Morgan fingerprint density at radius 3 is 2.48 bits per heavy atom. The van der Waals surface area contributed by atoms with Gasteiger partial charge in [-0.3, -0.25) is 4.79 Å². The molecule has 1 saturated heterocycles. The van der Waals surface area contributed by atoms with E-state index < -0.39 is 27.7 Å². The van der Waals surface area contributed by atoms with Crippen LogP contribution in [0.25, 0.3) is 0 Å². The molecule has 0 saturated carbocycles. The highest BCUT2D eigenvalue weighted by molar-refractivity contribution is 7.89. The van der Waals surface area contributed by atoms with Gasteiger partial charge in [0.2, 0.25) is 10.0 Å². The lowest BCUT2D eigenvalue weighted by Gasteiger charge is -2.24. The molecule has 2 aliphatic heterocycles. The number of fused-ring (bicyclic) bond motifs is 1. The molecule has 1 fully saturated rings. The van der Waals surface area contributed by atoms with Crippen LogP contribution in [0, 0.1) is 0 Å². The van der Waals surface area contributed by atoms with Gasteiger partial charge in [-0.1, -0.05) is 18.9 Å². The molecule has 0 atom stereocenters. The predicted molar refractivity (Wildman–Crippen MR) is 108 cm³/mol. The van der Waals surface area contributed by atoms with Crippen LogP contribution in [0.3, 0.4) is 0 Å². The van der Waals surface area contributed by atoms with Gasteiger partial charge in [-0.15, -0.1) is 0 Å². The van der Waals surface area contributed by atoms with Crippen LogP contribution in [0.15, 0.2) is 35.4 Å². The van der Waals surface area contributed by atoms with Crippen molar-refractivity contribution in [2.45, 2.75) is 43.3 Å². The van der Waals surface area contributed by atoms with Crippen molar-refractivity contribution in [3.8, 4) is 0 Å². The highest BCUT2D eigenvalue weighted by Gasteiger charge is 2.33.